The van der Waals surface area contributed by atoms with E-state index >= 15 is 0 Å². The molecule has 0 amide bonds. The fraction of sp³-hybridized carbons (Fsp3) is 0.200. The molecule has 1 aromatic carbocycles. The molecule has 2 aromatic heterocycles. The van der Waals surface area contributed by atoms with E-state index in [2.05, 4.69) is 20.1 Å². The van der Waals surface area contributed by atoms with Gasteiger partial charge in [-0.05, 0) is 24.3 Å². The first kappa shape index (κ1) is 14.8. The molecule has 0 spiro atoms. The van der Waals surface area contributed by atoms with Gasteiger partial charge in [-0.1, -0.05) is 5.16 Å². The summed E-state index contributed by atoms with van der Waals surface area (Å²) in [5.41, 5.74) is 1.54. The van der Waals surface area contributed by atoms with E-state index in [0.29, 0.717) is 11.5 Å². The van der Waals surface area contributed by atoms with Crippen LogP contribution < -0.4 is 14.2 Å². The van der Waals surface area contributed by atoms with Gasteiger partial charge in [-0.25, -0.2) is 0 Å². The Bertz CT molecular complexity index is 779. The van der Waals surface area contributed by atoms with E-state index in [9.17, 15) is 0 Å². The van der Waals surface area contributed by atoms with E-state index in [1.54, 1.807) is 13.2 Å². The second-order valence-corrected chi connectivity index (χ2v) is 4.44. The SMILES string of the molecule is COc1ccc(-c2cc(-c3nc(OC)nc(OC)n3)on2)cc1. The third kappa shape index (κ3) is 3.05. The molecule has 0 atom stereocenters. The maximum absolute atomic E-state index is 5.32. The highest BCUT2D eigenvalue weighted by atomic mass is 16.5. The molecule has 2 heterocycles. The number of aromatic nitrogens is 4. The van der Waals surface area contributed by atoms with Crippen LogP contribution in [0.4, 0.5) is 0 Å². The molecule has 0 bridgehead atoms. The maximum atomic E-state index is 5.32. The van der Waals surface area contributed by atoms with Crippen LogP contribution in [0.1, 0.15) is 0 Å². The van der Waals surface area contributed by atoms with Gasteiger partial charge in [0.15, 0.2) is 0 Å². The van der Waals surface area contributed by atoms with Crippen LogP contribution in [0.3, 0.4) is 0 Å². The predicted octanol–water partition coefficient (Wildman–Crippen LogP) is 2.22. The average Bonchev–Trinajstić information content (AvgIpc) is 3.11. The zero-order chi connectivity index (χ0) is 16.2. The molecule has 0 saturated carbocycles. The number of rotatable bonds is 5. The van der Waals surface area contributed by atoms with Crippen LogP contribution in [-0.4, -0.2) is 41.4 Å². The molecule has 8 heteroatoms. The quantitative estimate of drug-likeness (QED) is 0.708. The molecule has 23 heavy (non-hydrogen) atoms. The molecular formula is C15H14N4O4. The van der Waals surface area contributed by atoms with Crippen molar-refractivity contribution in [3.63, 3.8) is 0 Å². The molecule has 0 saturated heterocycles. The molecule has 0 aliphatic heterocycles. The second kappa shape index (κ2) is 6.30. The lowest BCUT2D eigenvalue weighted by Gasteiger charge is -2.02. The van der Waals surface area contributed by atoms with Gasteiger partial charge in [0.1, 0.15) is 11.4 Å². The number of hydrogen-bond donors (Lipinski definition) is 0. The molecule has 3 rings (SSSR count). The minimum Gasteiger partial charge on any atom is -0.497 e. The summed E-state index contributed by atoms with van der Waals surface area (Å²) in [5.74, 6) is 1.43. The molecule has 0 aliphatic carbocycles. The predicted molar refractivity (Wildman–Crippen MR) is 80.4 cm³/mol. The molecule has 0 N–H and O–H groups in total. The summed E-state index contributed by atoms with van der Waals surface area (Å²) in [6.45, 7) is 0. The molecule has 0 unspecified atom stereocenters. The first-order valence-corrected chi connectivity index (χ1v) is 6.69. The standard InChI is InChI=1S/C15H14N4O4/c1-20-10-6-4-9(5-7-10)11-8-12(23-19-11)13-16-14(21-2)18-15(17-13)22-3/h4-8H,1-3H3. The summed E-state index contributed by atoms with van der Waals surface area (Å²) in [6, 6.07) is 9.46. The third-order valence-electron chi connectivity index (χ3n) is 3.08. The summed E-state index contributed by atoms with van der Waals surface area (Å²) in [5, 5.41) is 4.03. The highest BCUT2D eigenvalue weighted by Gasteiger charge is 2.15. The minimum atomic E-state index is 0.134. The zero-order valence-corrected chi connectivity index (χ0v) is 12.8. The van der Waals surface area contributed by atoms with Crippen molar-refractivity contribution in [3.05, 3.63) is 30.3 Å². The summed E-state index contributed by atoms with van der Waals surface area (Å²) >= 11 is 0. The average molecular weight is 314 g/mol. The number of nitrogens with zero attached hydrogens (tertiary/aromatic N) is 4. The van der Waals surface area contributed by atoms with Crippen molar-refractivity contribution in [1.82, 2.24) is 20.1 Å². The van der Waals surface area contributed by atoms with Gasteiger partial charge < -0.3 is 18.7 Å². The summed E-state index contributed by atoms with van der Waals surface area (Å²) in [7, 11) is 4.54. The van der Waals surface area contributed by atoms with Gasteiger partial charge in [0.25, 0.3) is 0 Å². The van der Waals surface area contributed by atoms with E-state index in [4.69, 9.17) is 18.7 Å². The van der Waals surface area contributed by atoms with Crippen molar-refractivity contribution >= 4 is 0 Å². The number of ether oxygens (including phenoxy) is 3. The fourth-order valence-corrected chi connectivity index (χ4v) is 1.91. The normalized spacial score (nSPS) is 10.4. The molecule has 0 radical (unpaired) electrons. The van der Waals surface area contributed by atoms with Crippen molar-refractivity contribution in [2.45, 2.75) is 0 Å². The van der Waals surface area contributed by atoms with Crippen LogP contribution in [0.25, 0.3) is 22.8 Å². The van der Waals surface area contributed by atoms with Crippen molar-refractivity contribution in [2.24, 2.45) is 0 Å². The van der Waals surface area contributed by atoms with Gasteiger partial charge in [0.05, 0.1) is 21.3 Å². The second-order valence-electron chi connectivity index (χ2n) is 4.44. The van der Waals surface area contributed by atoms with E-state index < -0.39 is 0 Å². The van der Waals surface area contributed by atoms with Crippen molar-refractivity contribution in [2.75, 3.05) is 21.3 Å². The van der Waals surface area contributed by atoms with E-state index in [0.717, 1.165) is 11.3 Å². The van der Waals surface area contributed by atoms with Crippen molar-refractivity contribution in [1.29, 1.82) is 0 Å². The maximum Gasteiger partial charge on any atom is 0.323 e. The Morgan fingerprint density at radius 2 is 1.48 bits per heavy atom. The highest BCUT2D eigenvalue weighted by molar-refractivity contribution is 5.64. The molecule has 0 fully saturated rings. The topological polar surface area (TPSA) is 92.4 Å². The van der Waals surface area contributed by atoms with E-state index in [-0.39, 0.29) is 17.8 Å². The van der Waals surface area contributed by atoms with Gasteiger partial charge in [0, 0.05) is 11.6 Å². The van der Waals surface area contributed by atoms with Gasteiger partial charge in [-0.2, -0.15) is 9.97 Å². The van der Waals surface area contributed by atoms with Crippen LogP contribution in [-0.2, 0) is 0 Å². The zero-order valence-electron chi connectivity index (χ0n) is 12.8. The largest absolute Gasteiger partial charge is 0.497 e. The van der Waals surface area contributed by atoms with Crippen LogP contribution in [0.15, 0.2) is 34.9 Å². The van der Waals surface area contributed by atoms with E-state index in [1.165, 1.54) is 14.2 Å². The van der Waals surface area contributed by atoms with Gasteiger partial charge in [-0.3, -0.25) is 0 Å². The molecule has 0 aliphatic rings. The van der Waals surface area contributed by atoms with Gasteiger partial charge >= 0.3 is 12.0 Å². The number of methoxy groups -OCH3 is 3. The Kier molecular flexibility index (Phi) is 4.05. The molecule has 118 valence electrons. The number of benzene rings is 1. The van der Waals surface area contributed by atoms with Crippen molar-refractivity contribution < 1.29 is 18.7 Å². The van der Waals surface area contributed by atoms with E-state index in [1.807, 2.05) is 24.3 Å². The van der Waals surface area contributed by atoms with Gasteiger partial charge in [0.2, 0.25) is 11.6 Å². The van der Waals surface area contributed by atoms with Crippen molar-refractivity contribution in [3.8, 4) is 40.6 Å². The van der Waals surface area contributed by atoms with Crippen LogP contribution >= 0.6 is 0 Å². The van der Waals surface area contributed by atoms with Crippen LogP contribution in [0.2, 0.25) is 0 Å². The summed E-state index contributed by atoms with van der Waals surface area (Å²) in [4.78, 5) is 12.2. The smallest absolute Gasteiger partial charge is 0.323 e. The molecule has 8 nitrogen and oxygen atoms in total. The Labute approximate surface area is 132 Å². The first-order valence-electron chi connectivity index (χ1n) is 6.69. The summed E-state index contributed by atoms with van der Waals surface area (Å²) in [6.07, 6.45) is 0. The number of hydrogen-bond acceptors (Lipinski definition) is 8. The third-order valence-corrected chi connectivity index (χ3v) is 3.08. The Morgan fingerprint density at radius 3 is 2.04 bits per heavy atom. The minimum absolute atomic E-state index is 0.134. The Balaban J connectivity index is 1.94. The monoisotopic (exact) mass is 314 g/mol. The molecule has 3 aromatic rings. The lowest BCUT2D eigenvalue weighted by Crippen LogP contribution is -2.00. The van der Waals surface area contributed by atoms with Gasteiger partial charge in [-0.15, -0.1) is 4.98 Å². The lowest BCUT2D eigenvalue weighted by molar-refractivity contribution is 0.339. The molecular weight excluding hydrogens is 300 g/mol. The Hall–Kier alpha value is -3.16. The summed E-state index contributed by atoms with van der Waals surface area (Å²) < 4.78 is 20.5. The highest BCUT2D eigenvalue weighted by Crippen LogP contribution is 2.26. The fourth-order valence-electron chi connectivity index (χ4n) is 1.91. The van der Waals surface area contributed by atoms with Crippen LogP contribution in [0.5, 0.6) is 17.8 Å². The Morgan fingerprint density at radius 1 is 0.826 bits per heavy atom. The first-order chi connectivity index (χ1) is 11.2. The lowest BCUT2D eigenvalue weighted by atomic mass is 10.1. The van der Waals surface area contributed by atoms with Crippen LogP contribution in [0, 0.1) is 0 Å².